The lowest BCUT2D eigenvalue weighted by Crippen LogP contribution is -2.38. The molecule has 4 rings (SSSR count). The van der Waals surface area contributed by atoms with Crippen molar-refractivity contribution in [3.63, 3.8) is 0 Å². The van der Waals surface area contributed by atoms with Crippen molar-refractivity contribution >= 4 is 11.6 Å². The third-order valence-corrected chi connectivity index (χ3v) is 5.05. The first-order valence-electron chi connectivity index (χ1n) is 10.1. The van der Waals surface area contributed by atoms with E-state index in [9.17, 15) is 9.18 Å². The number of tetrazole rings is 1. The van der Waals surface area contributed by atoms with Crippen LogP contribution in [-0.4, -0.2) is 30.8 Å². The Labute approximate surface area is 180 Å². The Morgan fingerprint density at radius 3 is 2.39 bits per heavy atom. The number of carbonyl (C=O) groups excluding carboxylic acids is 1. The Morgan fingerprint density at radius 1 is 1.00 bits per heavy atom. The molecule has 0 aliphatic carbocycles. The van der Waals surface area contributed by atoms with Gasteiger partial charge in [0, 0.05) is 35.8 Å². The smallest absolute Gasteiger partial charge is 0.228 e. The minimum absolute atomic E-state index is 0.00689. The number of benzene rings is 2. The number of aromatic nitrogens is 4. The van der Waals surface area contributed by atoms with Crippen LogP contribution in [0.3, 0.4) is 0 Å². The second kappa shape index (κ2) is 8.26. The molecule has 158 valence electrons. The van der Waals surface area contributed by atoms with E-state index >= 15 is 0 Å². The zero-order chi connectivity index (χ0) is 22.0. The molecule has 0 saturated heterocycles. The fraction of sp³-hybridized carbons (Fsp3) is 0.250. The van der Waals surface area contributed by atoms with Gasteiger partial charge in [-0.15, -0.1) is 5.10 Å². The first-order chi connectivity index (χ1) is 14.8. The van der Waals surface area contributed by atoms with E-state index < -0.39 is 5.41 Å². The molecular weight excluding hydrogens is 393 g/mol. The van der Waals surface area contributed by atoms with E-state index in [1.165, 1.54) is 12.1 Å². The van der Waals surface area contributed by atoms with Gasteiger partial charge >= 0.3 is 0 Å². The molecule has 0 aliphatic rings. The average Bonchev–Trinajstić information content (AvgIpc) is 3.23. The van der Waals surface area contributed by atoms with E-state index in [1.807, 2.05) is 63.4 Å². The lowest BCUT2D eigenvalue weighted by atomic mass is 9.94. The van der Waals surface area contributed by atoms with Crippen LogP contribution in [0.5, 0.6) is 0 Å². The quantitative estimate of drug-likeness (QED) is 0.479. The lowest BCUT2D eigenvalue weighted by molar-refractivity contribution is -0.140. The molecule has 2 heterocycles. The van der Waals surface area contributed by atoms with Crippen LogP contribution in [0.1, 0.15) is 31.9 Å². The molecule has 0 aliphatic heterocycles. The predicted molar refractivity (Wildman–Crippen MR) is 116 cm³/mol. The molecule has 0 fully saturated rings. The summed E-state index contributed by atoms with van der Waals surface area (Å²) in [4.78, 5) is 15.0. The number of carbonyl (C=O) groups is 1. The van der Waals surface area contributed by atoms with Gasteiger partial charge in [0.1, 0.15) is 5.82 Å². The van der Waals surface area contributed by atoms with Crippen LogP contribution in [0, 0.1) is 11.2 Å². The van der Waals surface area contributed by atoms with Crippen LogP contribution >= 0.6 is 0 Å². The second-order valence-corrected chi connectivity index (χ2v) is 8.60. The van der Waals surface area contributed by atoms with Gasteiger partial charge in [0.15, 0.2) is 5.65 Å². The Balaban J connectivity index is 1.74. The summed E-state index contributed by atoms with van der Waals surface area (Å²) in [5.74, 6) is -0.309. The highest BCUT2D eigenvalue weighted by atomic mass is 19.1. The number of hydrogen-bond donors (Lipinski definition) is 0. The van der Waals surface area contributed by atoms with E-state index in [4.69, 9.17) is 0 Å². The van der Waals surface area contributed by atoms with Gasteiger partial charge in [-0.05, 0) is 39.8 Å². The number of pyridine rings is 1. The SMILES string of the molecule is CC(C)(C)C(=O)N(Cc1ccc(F)cc1)Cc1cc(-c2ccccc2)cn2nnnc12. The molecule has 0 N–H and O–H groups in total. The molecule has 7 heteroatoms. The van der Waals surface area contributed by atoms with Crippen molar-refractivity contribution in [2.75, 3.05) is 0 Å². The van der Waals surface area contributed by atoms with Crippen LogP contribution in [0.25, 0.3) is 16.8 Å². The molecule has 0 atom stereocenters. The van der Waals surface area contributed by atoms with Gasteiger partial charge in [0.05, 0.1) is 0 Å². The van der Waals surface area contributed by atoms with Crippen molar-refractivity contribution in [1.82, 2.24) is 24.9 Å². The van der Waals surface area contributed by atoms with Gasteiger partial charge in [-0.25, -0.2) is 4.39 Å². The van der Waals surface area contributed by atoms with Gasteiger partial charge in [0.2, 0.25) is 5.91 Å². The number of nitrogens with zero attached hydrogens (tertiary/aromatic N) is 5. The van der Waals surface area contributed by atoms with Crippen molar-refractivity contribution in [2.45, 2.75) is 33.9 Å². The van der Waals surface area contributed by atoms with Crippen molar-refractivity contribution in [3.8, 4) is 11.1 Å². The molecule has 0 bridgehead atoms. The molecule has 0 saturated carbocycles. The van der Waals surface area contributed by atoms with Crippen molar-refractivity contribution < 1.29 is 9.18 Å². The molecule has 2 aromatic heterocycles. The Bertz CT molecular complexity index is 1200. The minimum atomic E-state index is -0.570. The van der Waals surface area contributed by atoms with Crippen LogP contribution in [0.4, 0.5) is 4.39 Å². The highest BCUT2D eigenvalue weighted by Gasteiger charge is 2.28. The summed E-state index contributed by atoms with van der Waals surface area (Å²) in [5, 5.41) is 12.0. The maximum Gasteiger partial charge on any atom is 0.228 e. The largest absolute Gasteiger partial charge is 0.333 e. The number of rotatable bonds is 5. The van der Waals surface area contributed by atoms with Crippen molar-refractivity contribution in [3.05, 3.63) is 83.8 Å². The lowest BCUT2D eigenvalue weighted by Gasteiger charge is -2.30. The number of fused-ring (bicyclic) bond motifs is 1. The summed E-state index contributed by atoms with van der Waals surface area (Å²) in [6.45, 7) is 6.36. The molecule has 6 nitrogen and oxygen atoms in total. The third-order valence-electron chi connectivity index (χ3n) is 5.05. The molecule has 0 radical (unpaired) electrons. The molecule has 1 amide bonds. The summed E-state index contributed by atoms with van der Waals surface area (Å²) >= 11 is 0. The predicted octanol–water partition coefficient (Wildman–Crippen LogP) is 4.51. The fourth-order valence-electron chi connectivity index (χ4n) is 3.51. The summed E-state index contributed by atoms with van der Waals surface area (Å²) < 4.78 is 15.0. The Kier molecular flexibility index (Phi) is 5.50. The molecular formula is C24H24FN5O. The van der Waals surface area contributed by atoms with Gasteiger partial charge in [0.25, 0.3) is 0 Å². The Morgan fingerprint density at radius 2 is 1.71 bits per heavy atom. The zero-order valence-electron chi connectivity index (χ0n) is 17.8. The minimum Gasteiger partial charge on any atom is -0.333 e. The van der Waals surface area contributed by atoms with E-state index in [0.29, 0.717) is 18.7 Å². The normalized spacial score (nSPS) is 11.6. The standard InChI is InChI=1S/C24H24FN5O/c1-24(2,3)23(31)29(14-17-9-11-21(25)12-10-17)15-20-13-19(18-7-5-4-6-8-18)16-30-22(20)26-27-28-30/h4-13,16H,14-15H2,1-3H3. The fourth-order valence-corrected chi connectivity index (χ4v) is 3.51. The topological polar surface area (TPSA) is 63.4 Å². The first-order valence-corrected chi connectivity index (χ1v) is 10.1. The summed E-state index contributed by atoms with van der Waals surface area (Å²) in [7, 11) is 0. The van der Waals surface area contributed by atoms with E-state index in [0.717, 1.165) is 22.3 Å². The molecule has 0 spiro atoms. The number of halogens is 1. The molecule has 0 unspecified atom stereocenters. The number of hydrogen-bond acceptors (Lipinski definition) is 4. The van der Waals surface area contributed by atoms with Crippen LogP contribution < -0.4 is 0 Å². The van der Waals surface area contributed by atoms with Gasteiger partial charge in [-0.2, -0.15) is 4.52 Å². The zero-order valence-corrected chi connectivity index (χ0v) is 17.8. The van der Waals surface area contributed by atoms with Gasteiger partial charge in [-0.1, -0.05) is 63.2 Å². The molecule has 2 aromatic carbocycles. The summed E-state index contributed by atoms with van der Waals surface area (Å²) in [5.41, 5.74) is 3.72. The summed E-state index contributed by atoms with van der Waals surface area (Å²) in [6, 6.07) is 18.2. The van der Waals surface area contributed by atoms with Crippen molar-refractivity contribution in [2.24, 2.45) is 5.41 Å². The van der Waals surface area contributed by atoms with Gasteiger partial charge in [-0.3, -0.25) is 4.79 Å². The number of amides is 1. The van der Waals surface area contributed by atoms with Gasteiger partial charge < -0.3 is 4.90 Å². The van der Waals surface area contributed by atoms with Crippen LogP contribution in [0.2, 0.25) is 0 Å². The highest BCUT2D eigenvalue weighted by Crippen LogP contribution is 2.26. The van der Waals surface area contributed by atoms with Crippen LogP contribution in [0.15, 0.2) is 66.9 Å². The second-order valence-electron chi connectivity index (χ2n) is 8.60. The van der Waals surface area contributed by atoms with E-state index in [2.05, 4.69) is 15.5 Å². The molecule has 4 aromatic rings. The Hall–Kier alpha value is -3.61. The third kappa shape index (κ3) is 4.60. The first kappa shape index (κ1) is 20.7. The molecule has 31 heavy (non-hydrogen) atoms. The average molecular weight is 417 g/mol. The monoisotopic (exact) mass is 417 g/mol. The highest BCUT2D eigenvalue weighted by molar-refractivity contribution is 5.81. The van der Waals surface area contributed by atoms with E-state index in [1.54, 1.807) is 21.5 Å². The van der Waals surface area contributed by atoms with Crippen LogP contribution in [-0.2, 0) is 17.9 Å². The van der Waals surface area contributed by atoms with E-state index in [-0.39, 0.29) is 11.7 Å². The van der Waals surface area contributed by atoms with Crippen molar-refractivity contribution in [1.29, 1.82) is 0 Å². The maximum atomic E-state index is 13.4. The summed E-state index contributed by atoms with van der Waals surface area (Å²) in [6.07, 6.45) is 1.88. The maximum absolute atomic E-state index is 13.4.